The molecule has 0 bridgehead atoms. The Balaban J connectivity index is 1.79. The number of nitrogens with zero attached hydrogens (tertiary/aromatic N) is 3. The van der Waals surface area contributed by atoms with Gasteiger partial charge in [0.2, 0.25) is 10.0 Å². The summed E-state index contributed by atoms with van der Waals surface area (Å²) in [6, 6.07) is 11.1. The number of amides is 1. The number of piperidine rings is 1. The van der Waals surface area contributed by atoms with Gasteiger partial charge < -0.3 is 5.11 Å². The summed E-state index contributed by atoms with van der Waals surface area (Å²) in [4.78, 5) is 18.2. The zero-order chi connectivity index (χ0) is 18.7. The van der Waals surface area contributed by atoms with Crippen LogP contribution >= 0.6 is 0 Å². The molecule has 1 atom stereocenters. The number of pyridine rings is 1. The molecule has 138 valence electrons. The van der Waals surface area contributed by atoms with Crippen LogP contribution in [-0.4, -0.2) is 55.0 Å². The van der Waals surface area contributed by atoms with Gasteiger partial charge in [-0.2, -0.15) is 4.31 Å². The molecule has 1 aromatic heterocycles. The molecule has 1 fully saturated rings. The molecule has 1 unspecified atom stereocenters. The Labute approximate surface area is 152 Å². The fourth-order valence-electron chi connectivity index (χ4n) is 2.91. The second-order valence-corrected chi connectivity index (χ2v) is 8.17. The average molecular weight is 375 g/mol. The molecule has 0 spiro atoms. The topological polar surface area (TPSA) is 90.8 Å². The van der Waals surface area contributed by atoms with Gasteiger partial charge >= 0.3 is 0 Å². The molecule has 0 radical (unpaired) electrons. The molecule has 1 aliphatic heterocycles. The first-order valence-electron chi connectivity index (χ1n) is 8.37. The lowest BCUT2D eigenvalue weighted by molar-refractivity contribution is 0.0992. The van der Waals surface area contributed by atoms with Gasteiger partial charge in [0.1, 0.15) is 5.82 Å². The normalized spacial score (nSPS) is 18.5. The van der Waals surface area contributed by atoms with Crippen LogP contribution in [0.2, 0.25) is 0 Å². The van der Waals surface area contributed by atoms with Gasteiger partial charge in [-0.3, -0.25) is 9.69 Å². The van der Waals surface area contributed by atoms with Crippen molar-refractivity contribution in [3.05, 3.63) is 54.2 Å². The Hall–Kier alpha value is -2.29. The molecule has 1 amide bonds. The maximum absolute atomic E-state index is 12.7. The van der Waals surface area contributed by atoms with Crippen LogP contribution in [0.5, 0.6) is 0 Å². The van der Waals surface area contributed by atoms with Crippen LogP contribution in [0.25, 0.3) is 0 Å². The lowest BCUT2D eigenvalue weighted by atomic mass is 10.1. The molecule has 0 aliphatic carbocycles. The number of hydrogen-bond acceptors (Lipinski definition) is 5. The molecule has 1 aliphatic rings. The van der Waals surface area contributed by atoms with Crippen molar-refractivity contribution in [2.45, 2.75) is 23.8 Å². The Morgan fingerprint density at radius 2 is 1.96 bits per heavy atom. The SMILES string of the molecule is CN(C(=O)c1ccc(S(=O)(=O)N2CCCC(O)C2)cc1)c1ccccn1. The van der Waals surface area contributed by atoms with E-state index in [9.17, 15) is 18.3 Å². The fraction of sp³-hybridized carbons (Fsp3) is 0.333. The minimum atomic E-state index is -3.67. The highest BCUT2D eigenvalue weighted by molar-refractivity contribution is 7.89. The quantitative estimate of drug-likeness (QED) is 0.875. The number of aromatic nitrogens is 1. The van der Waals surface area contributed by atoms with E-state index in [2.05, 4.69) is 4.98 Å². The first-order valence-corrected chi connectivity index (χ1v) is 9.81. The molecule has 26 heavy (non-hydrogen) atoms. The summed E-state index contributed by atoms with van der Waals surface area (Å²) in [5.41, 5.74) is 0.371. The third-order valence-electron chi connectivity index (χ3n) is 4.40. The molecular formula is C18H21N3O4S. The third-order valence-corrected chi connectivity index (χ3v) is 6.28. The highest BCUT2D eigenvalue weighted by Gasteiger charge is 2.29. The number of carbonyl (C=O) groups excluding carboxylic acids is 1. The summed E-state index contributed by atoms with van der Waals surface area (Å²) in [7, 11) is -2.06. The number of anilines is 1. The van der Waals surface area contributed by atoms with E-state index < -0.39 is 16.1 Å². The molecule has 1 saturated heterocycles. The first-order chi connectivity index (χ1) is 12.4. The molecule has 2 aromatic rings. The van der Waals surface area contributed by atoms with E-state index in [1.165, 1.54) is 33.5 Å². The number of benzene rings is 1. The van der Waals surface area contributed by atoms with Gasteiger partial charge in [0.15, 0.2) is 0 Å². The van der Waals surface area contributed by atoms with Gasteiger partial charge in [0.25, 0.3) is 5.91 Å². The average Bonchev–Trinajstić information content (AvgIpc) is 2.67. The molecule has 3 rings (SSSR count). The maximum atomic E-state index is 12.7. The number of aliphatic hydroxyl groups excluding tert-OH is 1. The van der Waals surface area contributed by atoms with Crippen LogP contribution in [0.1, 0.15) is 23.2 Å². The minimum Gasteiger partial charge on any atom is -0.392 e. The van der Waals surface area contributed by atoms with Crippen LogP contribution in [0.4, 0.5) is 5.82 Å². The summed E-state index contributed by atoms with van der Waals surface area (Å²) in [5.74, 6) is 0.234. The van der Waals surface area contributed by atoms with Crippen molar-refractivity contribution in [1.29, 1.82) is 0 Å². The molecule has 1 N–H and O–H groups in total. The van der Waals surface area contributed by atoms with E-state index >= 15 is 0 Å². The van der Waals surface area contributed by atoms with Gasteiger partial charge in [-0.05, 0) is 49.2 Å². The van der Waals surface area contributed by atoms with Crippen molar-refractivity contribution < 1.29 is 18.3 Å². The lowest BCUT2D eigenvalue weighted by Gasteiger charge is -2.29. The highest BCUT2D eigenvalue weighted by Crippen LogP contribution is 2.22. The van der Waals surface area contributed by atoms with Crippen LogP contribution in [0.3, 0.4) is 0 Å². The Kier molecular flexibility index (Phi) is 5.36. The van der Waals surface area contributed by atoms with Crippen LogP contribution in [0.15, 0.2) is 53.6 Å². The summed E-state index contributed by atoms with van der Waals surface area (Å²) in [5, 5.41) is 9.71. The highest BCUT2D eigenvalue weighted by atomic mass is 32.2. The minimum absolute atomic E-state index is 0.103. The van der Waals surface area contributed by atoms with Crippen LogP contribution in [-0.2, 0) is 10.0 Å². The third kappa shape index (κ3) is 3.77. The van der Waals surface area contributed by atoms with Crippen molar-refractivity contribution >= 4 is 21.7 Å². The Morgan fingerprint density at radius 1 is 1.23 bits per heavy atom. The zero-order valence-corrected chi connectivity index (χ0v) is 15.3. The van der Waals surface area contributed by atoms with E-state index in [0.717, 1.165) is 0 Å². The second kappa shape index (κ2) is 7.53. The van der Waals surface area contributed by atoms with Crippen LogP contribution in [0, 0.1) is 0 Å². The van der Waals surface area contributed by atoms with Gasteiger partial charge in [0.05, 0.1) is 11.0 Å². The van der Waals surface area contributed by atoms with Crippen LogP contribution < -0.4 is 4.90 Å². The first kappa shape index (κ1) is 18.5. The zero-order valence-electron chi connectivity index (χ0n) is 14.4. The molecule has 2 heterocycles. The largest absolute Gasteiger partial charge is 0.392 e. The molecule has 7 nitrogen and oxygen atoms in total. The van der Waals surface area contributed by atoms with Gasteiger partial charge in [-0.25, -0.2) is 13.4 Å². The smallest absolute Gasteiger partial charge is 0.259 e. The predicted molar refractivity (Wildman–Crippen MR) is 97.4 cm³/mol. The number of aliphatic hydroxyl groups is 1. The molecule has 0 saturated carbocycles. The monoisotopic (exact) mass is 375 g/mol. The number of β-amino-alcohol motifs (C(OH)–C–C–N with tert-alkyl or cyclic N) is 1. The number of carbonyl (C=O) groups is 1. The van der Waals surface area contributed by atoms with Gasteiger partial charge in [-0.1, -0.05) is 6.07 Å². The summed E-state index contributed by atoms with van der Waals surface area (Å²) < 4.78 is 26.6. The van der Waals surface area contributed by atoms with Gasteiger partial charge in [-0.15, -0.1) is 0 Å². The Morgan fingerprint density at radius 3 is 2.58 bits per heavy atom. The van der Waals surface area contributed by atoms with E-state index in [0.29, 0.717) is 30.8 Å². The summed E-state index contributed by atoms with van der Waals surface area (Å²) in [6.07, 6.45) is 2.21. The van der Waals surface area contributed by atoms with E-state index in [-0.39, 0.29) is 17.3 Å². The van der Waals surface area contributed by atoms with Crippen molar-refractivity contribution in [1.82, 2.24) is 9.29 Å². The van der Waals surface area contributed by atoms with E-state index in [1.54, 1.807) is 31.4 Å². The summed E-state index contributed by atoms with van der Waals surface area (Å²) >= 11 is 0. The summed E-state index contributed by atoms with van der Waals surface area (Å²) in [6.45, 7) is 0.494. The van der Waals surface area contributed by atoms with Gasteiger partial charge in [0, 0.05) is 31.9 Å². The molecular weight excluding hydrogens is 354 g/mol. The predicted octanol–water partition coefficient (Wildman–Crippen LogP) is 1.50. The standard InChI is InChI=1S/C18H21N3O4S/c1-20(17-6-2-3-11-19-17)18(23)14-7-9-16(10-8-14)26(24,25)21-12-4-5-15(22)13-21/h2-3,6-11,15,22H,4-5,12-13H2,1H3. The van der Waals surface area contributed by atoms with Crippen molar-refractivity contribution in [2.75, 3.05) is 25.0 Å². The number of hydrogen-bond donors (Lipinski definition) is 1. The Bertz CT molecular complexity index is 869. The fourth-order valence-corrected chi connectivity index (χ4v) is 4.42. The van der Waals surface area contributed by atoms with Crippen molar-refractivity contribution in [2.24, 2.45) is 0 Å². The van der Waals surface area contributed by atoms with Crippen molar-refractivity contribution in [3.63, 3.8) is 0 Å². The van der Waals surface area contributed by atoms with Crippen molar-refractivity contribution in [3.8, 4) is 0 Å². The lowest BCUT2D eigenvalue weighted by Crippen LogP contribution is -2.42. The maximum Gasteiger partial charge on any atom is 0.259 e. The number of sulfonamides is 1. The second-order valence-electron chi connectivity index (χ2n) is 6.24. The van der Waals surface area contributed by atoms with E-state index in [4.69, 9.17) is 0 Å². The van der Waals surface area contributed by atoms with E-state index in [1.807, 2.05) is 0 Å². The molecule has 8 heteroatoms. The molecule has 1 aromatic carbocycles. The number of rotatable bonds is 4.